The summed E-state index contributed by atoms with van der Waals surface area (Å²) >= 11 is 0. The summed E-state index contributed by atoms with van der Waals surface area (Å²) in [6, 6.07) is 14.7. The van der Waals surface area contributed by atoms with Gasteiger partial charge in [0.15, 0.2) is 0 Å². The van der Waals surface area contributed by atoms with Crippen LogP contribution in [0.3, 0.4) is 0 Å². The second-order valence-corrected chi connectivity index (χ2v) is 7.91. The van der Waals surface area contributed by atoms with Crippen molar-refractivity contribution in [1.29, 1.82) is 0 Å². The number of amides is 1. The highest BCUT2D eigenvalue weighted by atomic mass is 32.2. The van der Waals surface area contributed by atoms with E-state index >= 15 is 0 Å². The van der Waals surface area contributed by atoms with E-state index in [0.717, 1.165) is 6.42 Å². The average Bonchev–Trinajstić information content (AvgIpc) is 2.59. The summed E-state index contributed by atoms with van der Waals surface area (Å²) in [5.74, 6) is 0.120. The molecule has 0 heterocycles. The Labute approximate surface area is 149 Å². The van der Waals surface area contributed by atoms with Crippen molar-refractivity contribution in [3.05, 3.63) is 60.2 Å². The van der Waals surface area contributed by atoms with Crippen molar-refractivity contribution in [2.45, 2.75) is 38.1 Å². The van der Waals surface area contributed by atoms with Crippen LogP contribution in [0.5, 0.6) is 0 Å². The lowest BCUT2D eigenvalue weighted by molar-refractivity contribution is 0.0924. The van der Waals surface area contributed by atoms with Gasteiger partial charge in [-0.2, -0.15) is 0 Å². The number of hydrogen-bond acceptors (Lipinski definition) is 3. The monoisotopic (exact) mass is 360 g/mol. The van der Waals surface area contributed by atoms with Crippen LogP contribution in [0, 0.1) is 5.92 Å². The predicted molar refractivity (Wildman–Crippen MR) is 100 cm³/mol. The number of carbonyl (C=O) groups is 1. The normalized spacial score (nSPS) is 12.6. The van der Waals surface area contributed by atoms with Gasteiger partial charge in [0, 0.05) is 17.3 Å². The Kier molecular flexibility index (Phi) is 6.20. The fourth-order valence-corrected chi connectivity index (χ4v) is 3.60. The molecule has 0 saturated carbocycles. The summed E-state index contributed by atoms with van der Waals surface area (Å²) in [5, 5.41) is 2.99. The van der Waals surface area contributed by atoms with Crippen LogP contribution in [0.25, 0.3) is 0 Å². The highest BCUT2D eigenvalue weighted by molar-refractivity contribution is 7.92. The van der Waals surface area contributed by atoms with Gasteiger partial charge in [0.25, 0.3) is 15.9 Å². The standard InChI is InChI=1S/C19H24N2O3S/c1-4-18(14(2)3)20-19(22)15-9-8-10-16(13-15)21-25(23,24)17-11-6-5-7-12-17/h5-14,18,21H,4H2,1-3H3,(H,20,22). The largest absolute Gasteiger partial charge is 0.349 e. The molecule has 6 heteroatoms. The summed E-state index contributed by atoms with van der Waals surface area (Å²) in [4.78, 5) is 12.6. The van der Waals surface area contributed by atoms with E-state index in [1.165, 1.54) is 12.1 Å². The van der Waals surface area contributed by atoms with Gasteiger partial charge in [-0.25, -0.2) is 8.42 Å². The minimum atomic E-state index is -3.68. The SMILES string of the molecule is CCC(NC(=O)c1cccc(NS(=O)(=O)c2ccccc2)c1)C(C)C. The first-order valence-electron chi connectivity index (χ1n) is 8.32. The number of sulfonamides is 1. The highest BCUT2D eigenvalue weighted by Crippen LogP contribution is 2.17. The smallest absolute Gasteiger partial charge is 0.261 e. The highest BCUT2D eigenvalue weighted by Gasteiger charge is 2.17. The van der Waals surface area contributed by atoms with Crippen LogP contribution in [0.2, 0.25) is 0 Å². The lowest BCUT2D eigenvalue weighted by Crippen LogP contribution is -2.38. The van der Waals surface area contributed by atoms with Crippen molar-refractivity contribution < 1.29 is 13.2 Å². The maximum Gasteiger partial charge on any atom is 0.261 e. The lowest BCUT2D eigenvalue weighted by atomic mass is 10.0. The van der Waals surface area contributed by atoms with Crippen molar-refractivity contribution in [3.8, 4) is 0 Å². The zero-order valence-electron chi connectivity index (χ0n) is 14.7. The molecule has 0 aromatic heterocycles. The van der Waals surface area contributed by atoms with E-state index in [4.69, 9.17) is 0 Å². The Balaban J connectivity index is 2.17. The molecule has 0 aliphatic heterocycles. The molecule has 25 heavy (non-hydrogen) atoms. The molecule has 134 valence electrons. The van der Waals surface area contributed by atoms with E-state index in [9.17, 15) is 13.2 Å². The maximum atomic E-state index is 12.4. The fourth-order valence-electron chi connectivity index (χ4n) is 2.53. The van der Waals surface area contributed by atoms with Gasteiger partial charge in [0.1, 0.15) is 0 Å². The number of benzene rings is 2. The van der Waals surface area contributed by atoms with Crippen LogP contribution in [-0.4, -0.2) is 20.4 Å². The summed E-state index contributed by atoms with van der Waals surface area (Å²) < 4.78 is 27.3. The molecule has 5 nitrogen and oxygen atoms in total. The maximum absolute atomic E-state index is 12.4. The Morgan fingerprint density at radius 1 is 1.04 bits per heavy atom. The first kappa shape index (κ1) is 19.0. The topological polar surface area (TPSA) is 75.3 Å². The molecule has 0 fully saturated rings. The molecule has 0 saturated heterocycles. The van der Waals surface area contributed by atoms with E-state index in [-0.39, 0.29) is 16.8 Å². The molecule has 2 aromatic carbocycles. The van der Waals surface area contributed by atoms with Gasteiger partial charge < -0.3 is 5.32 Å². The zero-order valence-corrected chi connectivity index (χ0v) is 15.5. The minimum Gasteiger partial charge on any atom is -0.349 e. The Bertz CT molecular complexity index is 818. The van der Waals surface area contributed by atoms with Gasteiger partial charge in [0.05, 0.1) is 4.90 Å². The van der Waals surface area contributed by atoms with E-state index in [0.29, 0.717) is 17.2 Å². The molecule has 0 aliphatic carbocycles. The minimum absolute atomic E-state index is 0.0807. The van der Waals surface area contributed by atoms with Crippen LogP contribution in [0.4, 0.5) is 5.69 Å². The van der Waals surface area contributed by atoms with Crippen LogP contribution >= 0.6 is 0 Å². The average molecular weight is 360 g/mol. The summed E-state index contributed by atoms with van der Waals surface area (Å²) in [6.45, 7) is 6.13. The summed E-state index contributed by atoms with van der Waals surface area (Å²) in [6.07, 6.45) is 0.837. The molecule has 0 aliphatic rings. The van der Waals surface area contributed by atoms with Crippen molar-refractivity contribution in [2.75, 3.05) is 4.72 Å². The van der Waals surface area contributed by atoms with Crippen molar-refractivity contribution >= 4 is 21.6 Å². The Morgan fingerprint density at radius 2 is 1.72 bits per heavy atom. The molecule has 1 unspecified atom stereocenters. The Hall–Kier alpha value is -2.34. The van der Waals surface area contributed by atoms with Gasteiger partial charge in [0.2, 0.25) is 0 Å². The number of anilines is 1. The molecule has 1 atom stereocenters. The van der Waals surface area contributed by atoms with Gasteiger partial charge in [-0.1, -0.05) is 45.0 Å². The molecule has 2 rings (SSSR count). The molecular formula is C19H24N2O3S. The molecule has 2 N–H and O–H groups in total. The fraction of sp³-hybridized carbons (Fsp3) is 0.316. The molecule has 0 spiro atoms. The number of carbonyl (C=O) groups excluding carboxylic acids is 1. The molecule has 0 radical (unpaired) electrons. The zero-order chi connectivity index (χ0) is 18.4. The van der Waals surface area contributed by atoms with Crippen LogP contribution in [-0.2, 0) is 10.0 Å². The number of hydrogen-bond donors (Lipinski definition) is 2. The Morgan fingerprint density at radius 3 is 2.32 bits per heavy atom. The predicted octanol–water partition coefficient (Wildman–Crippen LogP) is 3.65. The summed E-state index contributed by atoms with van der Waals surface area (Å²) in [7, 11) is -3.68. The molecule has 1 amide bonds. The summed E-state index contributed by atoms with van der Waals surface area (Å²) in [5.41, 5.74) is 0.779. The third-order valence-corrected chi connectivity index (χ3v) is 5.39. The van der Waals surface area contributed by atoms with E-state index in [1.807, 2.05) is 6.92 Å². The molecular weight excluding hydrogens is 336 g/mol. The van der Waals surface area contributed by atoms with Gasteiger partial charge in [-0.15, -0.1) is 0 Å². The van der Waals surface area contributed by atoms with Crippen LogP contribution in [0.1, 0.15) is 37.6 Å². The third kappa shape index (κ3) is 5.06. The van der Waals surface area contributed by atoms with E-state index in [1.54, 1.807) is 42.5 Å². The first-order valence-corrected chi connectivity index (χ1v) is 9.80. The second-order valence-electron chi connectivity index (χ2n) is 6.23. The molecule has 2 aromatic rings. The van der Waals surface area contributed by atoms with Crippen LogP contribution in [0.15, 0.2) is 59.5 Å². The van der Waals surface area contributed by atoms with Crippen LogP contribution < -0.4 is 10.0 Å². The van der Waals surface area contributed by atoms with Crippen molar-refractivity contribution in [1.82, 2.24) is 5.32 Å². The van der Waals surface area contributed by atoms with Crippen molar-refractivity contribution in [2.24, 2.45) is 5.92 Å². The van der Waals surface area contributed by atoms with Crippen molar-refractivity contribution in [3.63, 3.8) is 0 Å². The lowest BCUT2D eigenvalue weighted by Gasteiger charge is -2.20. The van der Waals surface area contributed by atoms with Gasteiger partial charge >= 0.3 is 0 Å². The van der Waals surface area contributed by atoms with Gasteiger partial charge in [-0.3, -0.25) is 9.52 Å². The molecule has 0 bridgehead atoms. The van der Waals surface area contributed by atoms with E-state index in [2.05, 4.69) is 23.9 Å². The third-order valence-electron chi connectivity index (χ3n) is 3.99. The quantitative estimate of drug-likeness (QED) is 0.791. The number of nitrogens with one attached hydrogen (secondary N) is 2. The second kappa shape index (κ2) is 8.16. The number of rotatable bonds is 7. The first-order chi connectivity index (χ1) is 11.8. The van der Waals surface area contributed by atoms with E-state index < -0.39 is 10.0 Å². The van der Waals surface area contributed by atoms with Gasteiger partial charge in [-0.05, 0) is 42.7 Å².